The van der Waals surface area contributed by atoms with E-state index in [2.05, 4.69) is 28.7 Å². The van der Waals surface area contributed by atoms with Crippen molar-refractivity contribution in [3.63, 3.8) is 0 Å². The van der Waals surface area contributed by atoms with Crippen LogP contribution in [0.3, 0.4) is 0 Å². The number of aromatic nitrogens is 2. The first-order valence-electron chi connectivity index (χ1n) is 7.71. The van der Waals surface area contributed by atoms with Crippen molar-refractivity contribution < 1.29 is 0 Å². The maximum absolute atomic E-state index is 4.43. The summed E-state index contributed by atoms with van der Waals surface area (Å²) in [5.41, 5.74) is 2.37. The average molecular weight is 269 g/mol. The Morgan fingerprint density at radius 2 is 1.90 bits per heavy atom. The zero-order valence-electron chi connectivity index (χ0n) is 12.0. The zero-order valence-corrected chi connectivity index (χ0v) is 12.0. The van der Waals surface area contributed by atoms with Gasteiger partial charge >= 0.3 is 0 Å². The zero-order chi connectivity index (χ0) is 13.6. The molecule has 1 aromatic carbocycles. The van der Waals surface area contributed by atoms with E-state index in [1.54, 1.807) is 0 Å². The Labute approximate surface area is 121 Å². The largest absolute Gasteiger partial charge is 0.312 e. The fraction of sp³-hybridized carbons (Fsp3) is 0.471. The van der Waals surface area contributed by atoms with E-state index in [1.807, 2.05) is 29.1 Å². The molecule has 1 aromatic heterocycles. The number of nitrogens with zero attached hydrogens (tertiary/aromatic N) is 2. The minimum atomic E-state index is 0.882. The molecular formula is C17H23N3. The minimum Gasteiger partial charge on any atom is -0.312 e. The first kappa shape index (κ1) is 13.4. The van der Waals surface area contributed by atoms with Gasteiger partial charge < -0.3 is 5.32 Å². The van der Waals surface area contributed by atoms with Gasteiger partial charge in [0, 0.05) is 18.3 Å². The van der Waals surface area contributed by atoms with Gasteiger partial charge in [0.15, 0.2) is 0 Å². The van der Waals surface area contributed by atoms with Crippen LogP contribution < -0.4 is 5.32 Å². The summed E-state index contributed by atoms with van der Waals surface area (Å²) in [4.78, 5) is 0. The first-order chi connectivity index (χ1) is 9.92. The van der Waals surface area contributed by atoms with E-state index in [-0.39, 0.29) is 0 Å². The van der Waals surface area contributed by atoms with Crippen molar-refractivity contribution in [1.82, 2.24) is 15.1 Å². The van der Waals surface area contributed by atoms with Crippen LogP contribution in [0, 0.1) is 5.92 Å². The van der Waals surface area contributed by atoms with Crippen LogP contribution in [0.25, 0.3) is 5.69 Å². The second kappa shape index (κ2) is 6.71. The lowest BCUT2D eigenvalue weighted by molar-refractivity contribution is 0.342. The molecule has 1 aliphatic rings. The lowest BCUT2D eigenvalue weighted by Crippen LogP contribution is -2.23. The topological polar surface area (TPSA) is 29.9 Å². The van der Waals surface area contributed by atoms with Gasteiger partial charge in [-0.25, -0.2) is 4.68 Å². The molecule has 0 saturated heterocycles. The molecule has 0 aliphatic heterocycles. The van der Waals surface area contributed by atoms with E-state index in [0.29, 0.717) is 0 Å². The van der Waals surface area contributed by atoms with E-state index in [9.17, 15) is 0 Å². The molecular weight excluding hydrogens is 246 g/mol. The molecule has 1 heterocycles. The van der Waals surface area contributed by atoms with Crippen LogP contribution in [-0.4, -0.2) is 16.3 Å². The van der Waals surface area contributed by atoms with Crippen molar-refractivity contribution in [2.45, 2.75) is 38.6 Å². The van der Waals surface area contributed by atoms with Gasteiger partial charge in [-0.2, -0.15) is 5.10 Å². The molecule has 106 valence electrons. The highest BCUT2D eigenvalue weighted by Gasteiger charge is 2.12. The van der Waals surface area contributed by atoms with Crippen LogP contribution in [0.4, 0.5) is 0 Å². The molecule has 1 aliphatic carbocycles. The molecule has 1 fully saturated rings. The number of hydrogen-bond donors (Lipinski definition) is 1. The number of para-hydroxylation sites is 1. The Bertz CT molecular complexity index is 512. The van der Waals surface area contributed by atoms with Crippen LogP contribution in [0.15, 0.2) is 42.7 Å². The van der Waals surface area contributed by atoms with Crippen LogP contribution >= 0.6 is 0 Å². The highest BCUT2D eigenvalue weighted by Crippen LogP contribution is 2.22. The summed E-state index contributed by atoms with van der Waals surface area (Å²) in [5.74, 6) is 0.882. The Balaban J connectivity index is 1.50. The molecule has 3 rings (SSSR count). The van der Waals surface area contributed by atoms with E-state index in [1.165, 1.54) is 37.7 Å². The summed E-state index contributed by atoms with van der Waals surface area (Å²) in [6.45, 7) is 2.07. The third-order valence-electron chi connectivity index (χ3n) is 4.14. The maximum Gasteiger partial charge on any atom is 0.0645 e. The summed E-state index contributed by atoms with van der Waals surface area (Å²) in [6, 6.07) is 10.3. The molecule has 2 aromatic rings. The molecule has 20 heavy (non-hydrogen) atoms. The van der Waals surface area contributed by atoms with Gasteiger partial charge in [-0.3, -0.25) is 0 Å². The molecule has 0 bridgehead atoms. The van der Waals surface area contributed by atoms with Crippen molar-refractivity contribution in [3.8, 4) is 5.69 Å². The molecule has 1 saturated carbocycles. The first-order valence-corrected chi connectivity index (χ1v) is 7.71. The van der Waals surface area contributed by atoms with Crippen LogP contribution in [0.5, 0.6) is 0 Å². The normalized spacial score (nSPS) is 16.4. The molecule has 0 spiro atoms. The molecule has 0 radical (unpaired) electrons. The Kier molecular flexibility index (Phi) is 4.49. The summed E-state index contributed by atoms with van der Waals surface area (Å²) in [7, 11) is 0. The van der Waals surface area contributed by atoms with Crippen LogP contribution in [0.1, 0.15) is 37.7 Å². The third kappa shape index (κ3) is 3.48. The summed E-state index contributed by atoms with van der Waals surface area (Å²) in [5, 5.41) is 8.01. The Hall–Kier alpha value is -1.61. The highest BCUT2D eigenvalue weighted by molar-refractivity contribution is 5.30. The van der Waals surface area contributed by atoms with Gasteiger partial charge in [0.05, 0.1) is 11.9 Å². The highest BCUT2D eigenvalue weighted by atomic mass is 15.3. The van der Waals surface area contributed by atoms with Crippen molar-refractivity contribution in [2.24, 2.45) is 5.92 Å². The van der Waals surface area contributed by atoms with E-state index >= 15 is 0 Å². The minimum absolute atomic E-state index is 0.882. The molecule has 0 unspecified atom stereocenters. The quantitative estimate of drug-likeness (QED) is 0.899. The third-order valence-corrected chi connectivity index (χ3v) is 4.14. The van der Waals surface area contributed by atoms with Gasteiger partial charge in [0.1, 0.15) is 0 Å². The predicted octanol–water partition coefficient (Wildman–Crippen LogP) is 3.54. The lowest BCUT2D eigenvalue weighted by Gasteiger charge is -2.21. The van der Waals surface area contributed by atoms with Crippen LogP contribution in [0.2, 0.25) is 0 Å². The molecule has 3 nitrogen and oxygen atoms in total. The lowest BCUT2D eigenvalue weighted by atomic mass is 9.89. The second-order valence-electron chi connectivity index (χ2n) is 5.76. The molecule has 3 heteroatoms. The molecule has 0 amide bonds. The van der Waals surface area contributed by atoms with Crippen molar-refractivity contribution in [1.29, 1.82) is 0 Å². The van der Waals surface area contributed by atoms with E-state index in [4.69, 9.17) is 0 Å². The van der Waals surface area contributed by atoms with Gasteiger partial charge in [0.2, 0.25) is 0 Å². The SMILES string of the molecule is c1ccc(-n2cc(CNCC3CCCCC3)cn2)cc1. The average Bonchev–Trinajstić information content (AvgIpc) is 2.98. The van der Waals surface area contributed by atoms with Gasteiger partial charge in [-0.1, -0.05) is 37.5 Å². The summed E-state index contributed by atoms with van der Waals surface area (Å²) >= 11 is 0. The number of benzene rings is 1. The van der Waals surface area contributed by atoms with Crippen molar-refractivity contribution in [3.05, 3.63) is 48.3 Å². The number of nitrogens with one attached hydrogen (secondary N) is 1. The maximum atomic E-state index is 4.43. The summed E-state index contributed by atoms with van der Waals surface area (Å²) in [6.07, 6.45) is 11.1. The Morgan fingerprint density at radius 1 is 1.10 bits per heavy atom. The smallest absolute Gasteiger partial charge is 0.0645 e. The van der Waals surface area contributed by atoms with Gasteiger partial charge in [-0.15, -0.1) is 0 Å². The van der Waals surface area contributed by atoms with Gasteiger partial charge in [0.25, 0.3) is 0 Å². The van der Waals surface area contributed by atoms with E-state index < -0.39 is 0 Å². The standard InChI is InChI=1S/C17H23N3/c1-3-7-15(8-4-1)11-18-12-16-13-19-20(14-16)17-9-5-2-6-10-17/h2,5-6,9-10,13-15,18H,1,3-4,7-8,11-12H2. The van der Waals surface area contributed by atoms with Crippen molar-refractivity contribution >= 4 is 0 Å². The molecule has 0 atom stereocenters. The monoisotopic (exact) mass is 269 g/mol. The summed E-state index contributed by atoms with van der Waals surface area (Å²) < 4.78 is 1.94. The molecule has 1 N–H and O–H groups in total. The Morgan fingerprint density at radius 3 is 2.70 bits per heavy atom. The van der Waals surface area contributed by atoms with Crippen molar-refractivity contribution in [2.75, 3.05) is 6.54 Å². The van der Waals surface area contributed by atoms with E-state index in [0.717, 1.165) is 24.7 Å². The number of hydrogen-bond acceptors (Lipinski definition) is 2. The predicted molar refractivity (Wildman–Crippen MR) is 81.8 cm³/mol. The van der Waals surface area contributed by atoms with Crippen LogP contribution in [-0.2, 0) is 6.54 Å². The fourth-order valence-electron chi connectivity index (χ4n) is 2.99. The number of rotatable bonds is 5. The second-order valence-corrected chi connectivity index (χ2v) is 5.76. The fourth-order valence-corrected chi connectivity index (χ4v) is 2.99. The van der Waals surface area contributed by atoms with Gasteiger partial charge in [-0.05, 0) is 37.4 Å².